The molecule has 9 nitrogen and oxygen atoms in total. The number of nitrogens with two attached hydrogens (primary N) is 1. The highest BCUT2D eigenvalue weighted by atomic mass is 32.1. The number of hydrogen-bond acceptors (Lipinski definition) is 7. The predicted octanol–water partition coefficient (Wildman–Crippen LogP) is 6.33. The largest absolute Gasteiger partial charge is 0.345 e. The number of rotatable bonds is 18. The first kappa shape index (κ1) is 37.8. The number of carbonyl (C=O) groups is 4. The molecule has 1 aliphatic carbocycles. The van der Waals surface area contributed by atoms with Gasteiger partial charge in [-0.2, -0.15) is 0 Å². The second-order valence-electron chi connectivity index (χ2n) is 13.7. The summed E-state index contributed by atoms with van der Waals surface area (Å²) in [7, 11) is 0. The Hall–Kier alpha value is -4.41. The molecule has 5 rings (SSSR count). The number of fused-ring (bicyclic) bond motifs is 1. The lowest BCUT2D eigenvalue weighted by atomic mass is 9.86. The van der Waals surface area contributed by atoms with Gasteiger partial charge >= 0.3 is 0 Å². The van der Waals surface area contributed by atoms with Crippen molar-refractivity contribution in [1.82, 2.24) is 20.9 Å². The van der Waals surface area contributed by atoms with Crippen LogP contribution >= 0.6 is 11.3 Å². The summed E-state index contributed by atoms with van der Waals surface area (Å²) in [4.78, 5) is 59.8. The summed E-state index contributed by atoms with van der Waals surface area (Å²) in [5.74, 6) is -1.65. The number of unbranched alkanes of at least 4 members (excludes halogenated alkanes) is 1. The molecule has 10 heteroatoms. The van der Waals surface area contributed by atoms with Crippen LogP contribution in [0.15, 0.2) is 78.9 Å². The minimum atomic E-state index is -0.892. The number of aromatic nitrogens is 1. The number of nitrogens with zero attached hydrogens (tertiary/aromatic N) is 1. The van der Waals surface area contributed by atoms with Crippen molar-refractivity contribution < 1.29 is 19.2 Å². The molecule has 0 spiro atoms. The Morgan fingerprint density at radius 1 is 0.863 bits per heavy atom. The van der Waals surface area contributed by atoms with Crippen molar-refractivity contribution in [3.05, 3.63) is 101 Å². The zero-order valence-corrected chi connectivity index (χ0v) is 30.6. The quantitative estimate of drug-likeness (QED) is 0.0890. The molecule has 1 heterocycles. The smallest absolute Gasteiger partial charge is 0.243 e. The van der Waals surface area contributed by atoms with Gasteiger partial charge in [0.1, 0.15) is 6.04 Å². The fourth-order valence-corrected chi connectivity index (χ4v) is 8.10. The molecule has 0 bridgehead atoms. The number of aryl methyl sites for hydroxylation is 1. The molecule has 3 aromatic carbocycles. The van der Waals surface area contributed by atoms with Crippen molar-refractivity contribution in [2.45, 2.75) is 96.2 Å². The maximum Gasteiger partial charge on any atom is 0.243 e. The van der Waals surface area contributed by atoms with Gasteiger partial charge in [0.05, 0.1) is 27.3 Å². The fourth-order valence-electron chi connectivity index (χ4n) is 6.99. The van der Waals surface area contributed by atoms with Crippen molar-refractivity contribution in [3.63, 3.8) is 0 Å². The van der Waals surface area contributed by atoms with Crippen molar-refractivity contribution >= 4 is 45.1 Å². The van der Waals surface area contributed by atoms with Crippen LogP contribution in [0.4, 0.5) is 0 Å². The lowest BCUT2D eigenvalue weighted by Crippen LogP contribution is -2.54. The lowest BCUT2D eigenvalue weighted by Gasteiger charge is -2.28. The third-order valence-electron chi connectivity index (χ3n) is 9.83. The van der Waals surface area contributed by atoms with Crippen molar-refractivity contribution in [1.29, 1.82) is 0 Å². The SMILES string of the molecule is CCC(=O)N[C@@H](Cc1nc2ccc(C)cc2s1)C(=O)N[C@H](C(=O)C[C@@H](CCCCN)C(=O)NC(c1ccccc1)c1ccccc1)C1CCCC1. The molecule has 1 aromatic heterocycles. The van der Waals surface area contributed by atoms with Crippen molar-refractivity contribution in [2.24, 2.45) is 17.6 Å². The summed E-state index contributed by atoms with van der Waals surface area (Å²) in [5.41, 5.74) is 9.68. The van der Waals surface area contributed by atoms with Crippen LogP contribution in [0.3, 0.4) is 0 Å². The Morgan fingerprint density at radius 3 is 2.16 bits per heavy atom. The topological polar surface area (TPSA) is 143 Å². The van der Waals surface area contributed by atoms with Crippen LogP contribution in [0.25, 0.3) is 10.2 Å². The number of thiazole rings is 1. The van der Waals surface area contributed by atoms with Crippen LogP contribution in [-0.2, 0) is 25.6 Å². The number of amides is 3. The molecular formula is C41H51N5O4S. The zero-order chi connectivity index (χ0) is 36.2. The van der Waals surface area contributed by atoms with Crippen molar-refractivity contribution in [3.8, 4) is 0 Å². The third kappa shape index (κ3) is 10.6. The number of hydrogen-bond donors (Lipinski definition) is 4. The Morgan fingerprint density at radius 2 is 1.53 bits per heavy atom. The average Bonchev–Trinajstić information content (AvgIpc) is 3.82. The Labute approximate surface area is 305 Å². The maximum absolute atomic E-state index is 14.3. The summed E-state index contributed by atoms with van der Waals surface area (Å²) >= 11 is 1.50. The molecule has 1 saturated carbocycles. The van der Waals surface area contributed by atoms with Gasteiger partial charge in [-0.25, -0.2) is 4.98 Å². The van der Waals surface area contributed by atoms with Gasteiger partial charge in [0.2, 0.25) is 17.7 Å². The van der Waals surface area contributed by atoms with Gasteiger partial charge in [0.15, 0.2) is 5.78 Å². The van der Waals surface area contributed by atoms with Gasteiger partial charge < -0.3 is 21.7 Å². The van der Waals surface area contributed by atoms with E-state index in [2.05, 4.69) is 22.0 Å². The monoisotopic (exact) mass is 709 g/mol. The number of Topliss-reactive ketones (excluding diaryl/α,β-unsaturated/α-hetero) is 1. The normalized spacial score (nSPS) is 15.0. The summed E-state index contributed by atoms with van der Waals surface area (Å²) in [6, 6.07) is 23.6. The molecule has 270 valence electrons. The first-order valence-electron chi connectivity index (χ1n) is 18.3. The molecule has 3 amide bonds. The maximum atomic E-state index is 14.3. The van der Waals surface area contributed by atoms with Crippen LogP contribution in [0.1, 0.15) is 92.5 Å². The van der Waals surface area contributed by atoms with Crippen LogP contribution in [0, 0.1) is 18.8 Å². The standard InChI is InChI=1S/C41H51N5O4S/c1-3-36(48)43-33(26-37-44-32-22-21-27(2)24-35(32)51-37)41(50)46-39(30-18-10-11-19-30)34(47)25-31(20-12-13-23-42)40(49)45-38(28-14-6-4-7-15-28)29-16-8-5-9-17-29/h4-9,14-17,21-22,24,30-31,33,38-39H,3,10-13,18-20,23,25-26,42H2,1-2H3,(H,43,48)(H,45,49)(H,46,50)/t31-,33+,39+/m1/s1. The second kappa shape index (κ2) is 18.7. The minimum absolute atomic E-state index is 0.00262. The van der Waals surface area contributed by atoms with E-state index in [4.69, 9.17) is 10.7 Å². The first-order valence-corrected chi connectivity index (χ1v) is 19.2. The van der Waals surface area contributed by atoms with E-state index in [1.807, 2.05) is 79.7 Å². The molecule has 4 aromatic rings. The Balaban J connectivity index is 1.36. The average molecular weight is 710 g/mol. The molecule has 0 saturated heterocycles. The molecule has 1 aliphatic rings. The molecule has 5 N–H and O–H groups in total. The van der Waals surface area contributed by atoms with Gasteiger partial charge in [-0.15, -0.1) is 11.3 Å². The van der Waals surface area contributed by atoms with E-state index in [0.717, 1.165) is 64.0 Å². The second-order valence-corrected chi connectivity index (χ2v) is 14.8. The highest BCUT2D eigenvalue weighted by Gasteiger charge is 2.36. The number of carbonyl (C=O) groups excluding carboxylic acids is 4. The Kier molecular flexibility index (Phi) is 13.9. The third-order valence-corrected chi connectivity index (χ3v) is 10.9. The molecule has 0 unspecified atom stereocenters. The van der Waals surface area contributed by atoms with Gasteiger partial charge in [-0.05, 0) is 73.9 Å². The lowest BCUT2D eigenvalue weighted by molar-refractivity contribution is -0.134. The van der Waals surface area contributed by atoms with Gasteiger partial charge in [0, 0.05) is 25.2 Å². The van der Waals surface area contributed by atoms with E-state index >= 15 is 0 Å². The summed E-state index contributed by atoms with van der Waals surface area (Å²) in [6.07, 6.45) is 5.96. The van der Waals surface area contributed by atoms with E-state index in [1.54, 1.807) is 6.92 Å². The van der Waals surface area contributed by atoms with E-state index in [1.165, 1.54) is 11.3 Å². The zero-order valence-electron chi connectivity index (χ0n) is 29.7. The first-order chi connectivity index (χ1) is 24.7. The van der Waals surface area contributed by atoms with Crippen LogP contribution < -0.4 is 21.7 Å². The molecule has 51 heavy (non-hydrogen) atoms. The van der Waals surface area contributed by atoms with E-state index < -0.39 is 23.9 Å². The van der Waals surface area contributed by atoms with Gasteiger partial charge in [0.25, 0.3) is 0 Å². The molecule has 3 atom stereocenters. The van der Waals surface area contributed by atoms with E-state index in [9.17, 15) is 19.2 Å². The van der Waals surface area contributed by atoms with Crippen LogP contribution in [0.5, 0.6) is 0 Å². The Bertz CT molecular complexity index is 1720. The van der Waals surface area contributed by atoms with E-state index in [-0.39, 0.29) is 48.8 Å². The highest BCUT2D eigenvalue weighted by molar-refractivity contribution is 7.18. The summed E-state index contributed by atoms with van der Waals surface area (Å²) in [5, 5.41) is 9.95. The minimum Gasteiger partial charge on any atom is -0.345 e. The fraction of sp³-hybridized carbons (Fsp3) is 0.439. The summed E-state index contributed by atoms with van der Waals surface area (Å²) in [6.45, 7) is 4.26. The molecule has 0 radical (unpaired) electrons. The molecular weight excluding hydrogens is 659 g/mol. The number of benzene rings is 3. The highest BCUT2D eigenvalue weighted by Crippen LogP contribution is 2.31. The van der Waals surface area contributed by atoms with Crippen LogP contribution in [0.2, 0.25) is 0 Å². The molecule has 0 aliphatic heterocycles. The van der Waals surface area contributed by atoms with Crippen molar-refractivity contribution in [2.75, 3.05) is 6.54 Å². The predicted molar refractivity (Wildman–Crippen MR) is 203 cm³/mol. The van der Waals surface area contributed by atoms with Gasteiger partial charge in [-0.1, -0.05) is 92.9 Å². The number of ketones is 1. The number of nitrogens with one attached hydrogen (secondary N) is 3. The van der Waals surface area contributed by atoms with Crippen LogP contribution in [-0.4, -0.2) is 47.1 Å². The molecule has 1 fully saturated rings. The van der Waals surface area contributed by atoms with E-state index in [0.29, 0.717) is 19.4 Å². The summed E-state index contributed by atoms with van der Waals surface area (Å²) < 4.78 is 1.02. The van der Waals surface area contributed by atoms with Gasteiger partial charge in [-0.3, -0.25) is 19.2 Å².